The Balaban J connectivity index is 2.20. The number of amides is 1. The lowest BCUT2D eigenvalue weighted by Gasteiger charge is -2.17. The van der Waals surface area contributed by atoms with E-state index in [-0.39, 0.29) is 11.6 Å². The lowest BCUT2D eigenvalue weighted by Crippen LogP contribution is -2.28. The van der Waals surface area contributed by atoms with Crippen molar-refractivity contribution in [2.75, 3.05) is 7.05 Å². The highest BCUT2D eigenvalue weighted by molar-refractivity contribution is 14.1. The highest BCUT2D eigenvalue weighted by Gasteiger charge is 2.19. The van der Waals surface area contributed by atoms with Gasteiger partial charge in [-0.3, -0.25) is 14.9 Å². The van der Waals surface area contributed by atoms with Crippen LogP contribution in [0, 0.1) is 20.6 Å². The van der Waals surface area contributed by atoms with Crippen LogP contribution in [-0.4, -0.2) is 37.5 Å². The fourth-order valence-electron chi connectivity index (χ4n) is 1.87. The Morgan fingerprint density at radius 3 is 2.64 bits per heavy atom. The number of aromatic nitrogens is 3. The zero-order chi connectivity index (χ0) is 16.4. The minimum Gasteiger partial charge on any atom is -0.334 e. The number of hydrogen-bond acceptors (Lipinski definition) is 5. The third-order valence-corrected chi connectivity index (χ3v) is 4.19. The molecule has 0 unspecified atom stereocenters. The molecule has 1 amide bonds. The van der Waals surface area contributed by atoms with Crippen LogP contribution in [0.1, 0.15) is 22.0 Å². The standard InChI is InChI=1S/C13H14IN5O3/c1-8-15-16-12(18(8)3)7-17(2)13(20)10-5-4-9(19(21)22)6-11(10)14/h4-6H,7H2,1-3H3. The summed E-state index contributed by atoms with van der Waals surface area (Å²) in [5.74, 6) is 1.21. The monoisotopic (exact) mass is 415 g/mol. The molecule has 1 heterocycles. The summed E-state index contributed by atoms with van der Waals surface area (Å²) >= 11 is 1.92. The number of hydrogen-bond donors (Lipinski definition) is 0. The van der Waals surface area contributed by atoms with Gasteiger partial charge in [-0.15, -0.1) is 10.2 Å². The summed E-state index contributed by atoms with van der Waals surface area (Å²) < 4.78 is 2.35. The van der Waals surface area contributed by atoms with E-state index in [1.807, 2.05) is 41.1 Å². The summed E-state index contributed by atoms with van der Waals surface area (Å²) in [6, 6.07) is 4.18. The van der Waals surface area contributed by atoms with Crippen molar-refractivity contribution in [1.29, 1.82) is 0 Å². The van der Waals surface area contributed by atoms with Crippen LogP contribution in [0.15, 0.2) is 18.2 Å². The number of rotatable bonds is 4. The molecule has 0 atom stereocenters. The minimum atomic E-state index is -0.484. The number of aryl methyl sites for hydroxylation is 1. The van der Waals surface area contributed by atoms with Crippen molar-refractivity contribution in [3.8, 4) is 0 Å². The summed E-state index contributed by atoms with van der Waals surface area (Å²) in [6.45, 7) is 2.14. The predicted octanol–water partition coefficient (Wildman–Crippen LogP) is 1.91. The molecule has 2 rings (SSSR count). The second-order valence-electron chi connectivity index (χ2n) is 4.80. The van der Waals surface area contributed by atoms with Crippen LogP contribution in [0.5, 0.6) is 0 Å². The first-order valence-corrected chi connectivity index (χ1v) is 7.43. The summed E-state index contributed by atoms with van der Waals surface area (Å²) in [5.41, 5.74) is 0.389. The molecular weight excluding hydrogens is 401 g/mol. The Labute approximate surface area is 140 Å². The van der Waals surface area contributed by atoms with Crippen LogP contribution < -0.4 is 0 Å². The second-order valence-corrected chi connectivity index (χ2v) is 5.97. The number of nitrogens with zero attached hydrogens (tertiary/aromatic N) is 5. The van der Waals surface area contributed by atoms with Gasteiger partial charge in [0.2, 0.25) is 0 Å². The largest absolute Gasteiger partial charge is 0.334 e. The van der Waals surface area contributed by atoms with E-state index in [0.29, 0.717) is 21.5 Å². The van der Waals surface area contributed by atoms with E-state index in [1.165, 1.54) is 23.1 Å². The van der Waals surface area contributed by atoms with Gasteiger partial charge in [0.05, 0.1) is 17.0 Å². The number of nitro benzene ring substituents is 1. The zero-order valence-electron chi connectivity index (χ0n) is 12.3. The van der Waals surface area contributed by atoms with Crippen LogP contribution in [-0.2, 0) is 13.6 Å². The first-order chi connectivity index (χ1) is 10.3. The van der Waals surface area contributed by atoms with Gasteiger partial charge in [-0.2, -0.15) is 0 Å². The van der Waals surface area contributed by atoms with E-state index in [1.54, 1.807) is 7.05 Å². The van der Waals surface area contributed by atoms with Gasteiger partial charge in [-0.1, -0.05) is 0 Å². The highest BCUT2D eigenvalue weighted by Crippen LogP contribution is 2.21. The summed E-state index contributed by atoms with van der Waals surface area (Å²) in [7, 11) is 3.49. The molecule has 0 aliphatic rings. The molecule has 0 aliphatic carbocycles. The summed E-state index contributed by atoms with van der Waals surface area (Å²) in [6.07, 6.45) is 0. The first-order valence-electron chi connectivity index (χ1n) is 6.35. The van der Waals surface area contributed by atoms with Crippen molar-refractivity contribution >= 4 is 34.2 Å². The predicted molar refractivity (Wildman–Crippen MR) is 87.4 cm³/mol. The minimum absolute atomic E-state index is 0.0347. The van der Waals surface area contributed by atoms with E-state index in [2.05, 4.69) is 10.2 Å². The Bertz CT molecular complexity index is 743. The number of carbonyl (C=O) groups excluding carboxylic acids is 1. The average molecular weight is 415 g/mol. The Morgan fingerprint density at radius 1 is 1.45 bits per heavy atom. The van der Waals surface area contributed by atoms with Gasteiger partial charge in [0.25, 0.3) is 11.6 Å². The maximum atomic E-state index is 12.5. The van der Waals surface area contributed by atoms with Gasteiger partial charge in [0, 0.05) is 29.8 Å². The Hall–Kier alpha value is -2.04. The maximum Gasteiger partial charge on any atom is 0.270 e. The molecule has 0 saturated carbocycles. The lowest BCUT2D eigenvalue weighted by molar-refractivity contribution is -0.384. The molecule has 1 aromatic carbocycles. The average Bonchev–Trinajstić information content (AvgIpc) is 2.78. The second kappa shape index (κ2) is 6.38. The molecular formula is C13H14IN5O3. The summed E-state index contributed by atoms with van der Waals surface area (Å²) in [5, 5.41) is 18.7. The van der Waals surface area contributed by atoms with Gasteiger partial charge in [0.1, 0.15) is 5.82 Å². The van der Waals surface area contributed by atoms with E-state index >= 15 is 0 Å². The topological polar surface area (TPSA) is 94.2 Å². The molecule has 116 valence electrons. The number of carbonyl (C=O) groups is 1. The number of benzene rings is 1. The SMILES string of the molecule is Cc1nnc(CN(C)C(=O)c2ccc([N+](=O)[O-])cc2I)n1C. The zero-order valence-corrected chi connectivity index (χ0v) is 14.4. The van der Waals surface area contributed by atoms with Gasteiger partial charge in [0.15, 0.2) is 5.82 Å². The summed E-state index contributed by atoms with van der Waals surface area (Å²) in [4.78, 5) is 24.2. The van der Waals surface area contributed by atoms with Crippen LogP contribution >= 0.6 is 22.6 Å². The van der Waals surface area contributed by atoms with Crippen molar-refractivity contribution in [2.24, 2.45) is 7.05 Å². The molecule has 9 heteroatoms. The fourth-order valence-corrected chi connectivity index (χ4v) is 2.60. The van der Waals surface area contributed by atoms with E-state index < -0.39 is 4.92 Å². The highest BCUT2D eigenvalue weighted by atomic mass is 127. The Kier molecular flexibility index (Phi) is 4.74. The third kappa shape index (κ3) is 3.24. The normalized spacial score (nSPS) is 10.5. The van der Waals surface area contributed by atoms with Gasteiger partial charge in [-0.05, 0) is 35.6 Å². The first kappa shape index (κ1) is 16.3. The number of non-ortho nitro benzene ring substituents is 1. The van der Waals surface area contributed by atoms with Crippen molar-refractivity contribution in [3.05, 3.63) is 49.1 Å². The molecule has 0 radical (unpaired) electrons. The molecule has 0 N–H and O–H groups in total. The van der Waals surface area contributed by atoms with Crippen LogP contribution in [0.4, 0.5) is 5.69 Å². The van der Waals surface area contributed by atoms with Crippen LogP contribution in [0.3, 0.4) is 0 Å². The van der Waals surface area contributed by atoms with Crippen molar-refractivity contribution in [2.45, 2.75) is 13.5 Å². The molecule has 0 saturated heterocycles. The third-order valence-electron chi connectivity index (χ3n) is 3.30. The van der Waals surface area contributed by atoms with E-state index in [0.717, 1.165) is 5.82 Å². The maximum absolute atomic E-state index is 12.5. The molecule has 22 heavy (non-hydrogen) atoms. The Morgan fingerprint density at radius 2 is 2.14 bits per heavy atom. The van der Waals surface area contributed by atoms with Gasteiger partial charge < -0.3 is 9.47 Å². The van der Waals surface area contributed by atoms with E-state index in [9.17, 15) is 14.9 Å². The molecule has 1 aromatic heterocycles. The number of nitro groups is 1. The number of halogens is 1. The lowest BCUT2D eigenvalue weighted by atomic mass is 10.2. The molecule has 2 aromatic rings. The quantitative estimate of drug-likeness (QED) is 0.432. The van der Waals surface area contributed by atoms with Gasteiger partial charge in [-0.25, -0.2) is 0 Å². The van der Waals surface area contributed by atoms with E-state index in [4.69, 9.17) is 0 Å². The van der Waals surface area contributed by atoms with Crippen molar-refractivity contribution in [3.63, 3.8) is 0 Å². The van der Waals surface area contributed by atoms with Crippen molar-refractivity contribution < 1.29 is 9.72 Å². The smallest absolute Gasteiger partial charge is 0.270 e. The molecule has 0 aliphatic heterocycles. The molecule has 0 bridgehead atoms. The van der Waals surface area contributed by atoms with Crippen molar-refractivity contribution in [1.82, 2.24) is 19.7 Å². The van der Waals surface area contributed by atoms with Gasteiger partial charge >= 0.3 is 0 Å². The van der Waals surface area contributed by atoms with Crippen LogP contribution in [0.2, 0.25) is 0 Å². The molecule has 8 nitrogen and oxygen atoms in total. The molecule has 0 fully saturated rings. The molecule has 0 spiro atoms. The fraction of sp³-hybridized carbons (Fsp3) is 0.308. The van der Waals surface area contributed by atoms with Crippen LogP contribution in [0.25, 0.3) is 0 Å².